The minimum atomic E-state index is -0.271. The van der Waals surface area contributed by atoms with E-state index in [1.807, 2.05) is 44.2 Å². The lowest BCUT2D eigenvalue weighted by Crippen LogP contribution is -2.37. The van der Waals surface area contributed by atoms with Gasteiger partial charge in [0.2, 0.25) is 0 Å². The Bertz CT molecular complexity index is 267. The van der Waals surface area contributed by atoms with Crippen LogP contribution in [0.25, 0.3) is 0 Å². The first-order valence-corrected chi connectivity index (χ1v) is 5.12. The molecule has 0 saturated heterocycles. The number of hydrogen-bond acceptors (Lipinski definition) is 3. The van der Waals surface area contributed by atoms with Crippen molar-refractivity contribution in [1.82, 2.24) is 0 Å². The fraction of sp³-hybridized carbons (Fsp3) is 0.500. The molecular weight excluding hydrogens is 190 g/mol. The standard InChI is InChI=1S/C12H19NO2/c1-12(2,13)10-14-8-9-15-11-6-4-3-5-7-11/h3-7H,8-10,13H2,1-2H3. The van der Waals surface area contributed by atoms with Crippen LogP contribution in [0, 0.1) is 0 Å². The SMILES string of the molecule is CC(C)(N)COCCOc1ccccc1. The van der Waals surface area contributed by atoms with Crippen molar-refractivity contribution < 1.29 is 9.47 Å². The lowest BCUT2D eigenvalue weighted by atomic mass is 10.1. The summed E-state index contributed by atoms with van der Waals surface area (Å²) in [6.07, 6.45) is 0. The van der Waals surface area contributed by atoms with E-state index in [0.29, 0.717) is 19.8 Å². The highest BCUT2D eigenvalue weighted by molar-refractivity contribution is 5.20. The van der Waals surface area contributed by atoms with Crippen LogP contribution >= 0.6 is 0 Å². The number of nitrogens with two attached hydrogens (primary N) is 1. The van der Waals surface area contributed by atoms with Gasteiger partial charge in [0, 0.05) is 5.54 Å². The summed E-state index contributed by atoms with van der Waals surface area (Å²) in [4.78, 5) is 0. The molecule has 0 heterocycles. The minimum absolute atomic E-state index is 0.271. The predicted molar refractivity (Wildman–Crippen MR) is 61.0 cm³/mol. The maximum Gasteiger partial charge on any atom is 0.119 e. The molecule has 0 fully saturated rings. The van der Waals surface area contributed by atoms with Gasteiger partial charge in [0.1, 0.15) is 12.4 Å². The molecule has 0 aliphatic rings. The van der Waals surface area contributed by atoms with Gasteiger partial charge < -0.3 is 15.2 Å². The number of para-hydroxylation sites is 1. The second-order valence-corrected chi connectivity index (χ2v) is 4.20. The van der Waals surface area contributed by atoms with Crippen LogP contribution in [-0.4, -0.2) is 25.4 Å². The van der Waals surface area contributed by atoms with Crippen molar-refractivity contribution in [3.8, 4) is 5.75 Å². The predicted octanol–water partition coefficient (Wildman–Crippen LogP) is 1.82. The van der Waals surface area contributed by atoms with Crippen LogP contribution in [-0.2, 0) is 4.74 Å². The molecule has 84 valence electrons. The fourth-order valence-electron chi connectivity index (χ4n) is 1.07. The van der Waals surface area contributed by atoms with E-state index in [1.54, 1.807) is 0 Å². The van der Waals surface area contributed by atoms with Crippen LogP contribution in [0.1, 0.15) is 13.8 Å². The molecule has 0 saturated carbocycles. The molecule has 0 bridgehead atoms. The molecule has 15 heavy (non-hydrogen) atoms. The molecule has 3 heteroatoms. The Morgan fingerprint density at radius 2 is 1.80 bits per heavy atom. The molecule has 1 aromatic rings. The van der Waals surface area contributed by atoms with Crippen LogP contribution in [0.5, 0.6) is 5.75 Å². The third-order valence-electron chi connectivity index (χ3n) is 1.71. The van der Waals surface area contributed by atoms with Crippen molar-refractivity contribution in [2.45, 2.75) is 19.4 Å². The van der Waals surface area contributed by atoms with Crippen LogP contribution in [0.4, 0.5) is 0 Å². The Morgan fingerprint density at radius 1 is 1.13 bits per heavy atom. The zero-order valence-electron chi connectivity index (χ0n) is 9.40. The van der Waals surface area contributed by atoms with Gasteiger partial charge in [0.25, 0.3) is 0 Å². The first kappa shape index (κ1) is 12.0. The Morgan fingerprint density at radius 3 is 2.40 bits per heavy atom. The molecule has 2 N–H and O–H groups in total. The third-order valence-corrected chi connectivity index (χ3v) is 1.71. The zero-order chi connectivity index (χ0) is 11.1. The first-order chi connectivity index (χ1) is 7.08. The van der Waals surface area contributed by atoms with Crippen molar-refractivity contribution in [3.05, 3.63) is 30.3 Å². The molecule has 0 radical (unpaired) electrons. The molecule has 3 nitrogen and oxygen atoms in total. The molecule has 0 aliphatic carbocycles. The number of hydrogen-bond donors (Lipinski definition) is 1. The van der Waals surface area contributed by atoms with Crippen molar-refractivity contribution in [3.63, 3.8) is 0 Å². The third kappa shape index (κ3) is 6.10. The largest absolute Gasteiger partial charge is 0.491 e. The smallest absolute Gasteiger partial charge is 0.119 e. The maximum atomic E-state index is 5.76. The highest BCUT2D eigenvalue weighted by atomic mass is 16.5. The van der Waals surface area contributed by atoms with Gasteiger partial charge in [-0.25, -0.2) is 0 Å². The summed E-state index contributed by atoms with van der Waals surface area (Å²) < 4.78 is 10.8. The van der Waals surface area contributed by atoms with Gasteiger partial charge in [-0.05, 0) is 26.0 Å². The van der Waals surface area contributed by atoms with E-state index in [-0.39, 0.29) is 5.54 Å². The second-order valence-electron chi connectivity index (χ2n) is 4.20. The van der Waals surface area contributed by atoms with E-state index in [2.05, 4.69) is 0 Å². The average Bonchev–Trinajstić information content (AvgIpc) is 2.17. The highest BCUT2D eigenvalue weighted by Crippen LogP contribution is 2.07. The summed E-state index contributed by atoms with van der Waals surface area (Å²) >= 11 is 0. The van der Waals surface area contributed by atoms with E-state index < -0.39 is 0 Å². The Hall–Kier alpha value is -1.06. The molecule has 1 aromatic carbocycles. The van der Waals surface area contributed by atoms with Crippen LogP contribution in [0.15, 0.2) is 30.3 Å². The molecule has 0 aromatic heterocycles. The minimum Gasteiger partial charge on any atom is -0.491 e. The van der Waals surface area contributed by atoms with E-state index in [1.165, 1.54) is 0 Å². The Labute approximate surface area is 91.2 Å². The summed E-state index contributed by atoms with van der Waals surface area (Å²) in [5, 5.41) is 0. The second kappa shape index (κ2) is 5.73. The van der Waals surface area contributed by atoms with Crippen LogP contribution in [0.2, 0.25) is 0 Å². The van der Waals surface area contributed by atoms with Crippen LogP contribution in [0.3, 0.4) is 0 Å². The molecule has 0 amide bonds. The normalized spacial score (nSPS) is 11.4. The van der Waals surface area contributed by atoms with Gasteiger partial charge in [-0.2, -0.15) is 0 Å². The van der Waals surface area contributed by atoms with Gasteiger partial charge in [0.05, 0.1) is 13.2 Å². The molecule has 0 aliphatic heterocycles. The van der Waals surface area contributed by atoms with Crippen molar-refractivity contribution in [2.75, 3.05) is 19.8 Å². The van der Waals surface area contributed by atoms with Gasteiger partial charge in [-0.15, -0.1) is 0 Å². The van der Waals surface area contributed by atoms with Crippen molar-refractivity contribution in [1.29, 1.82) is 0 Å². The average molecular weight is 209 g/mol. The van der Waals surface area contributed by atoms with E-state index in [0.717, 1.165) is 5.75 Å². The molecule has 0 spiro atoms. The maximum absolute atomic E-state index is 5.76. The van der Waals surface area contributed by atoms with Crippen molar-refractivity contribution >= 4 is 0 Å². The summed E-state index contributed by atoms with van der Waals surface area (Å²) in [5.41, 5.74) is 5.49. The monoisotopic (exact) mass is 209 g/mol. The lowest BCUT2D eigenvalue weighted by Gasteiger charge is -2.18. The highest BCUT2D eigenvalue weighted by Gasteiger charge is 2.09. The zero-order valence-corrected chi connectivity index (χ0v) is 9.40. The Kier molecular flexibility index (Phi) is 4.59. The van der Waals surface area contributed by atoms with E-state index in [4.69, 9.17) is 15.2 Å². The van der Waals surface area contributed by atoms with Crippen molar-refractivity contribution in [2.24, 2.45) is 5.73 Å². The summed E-state index contributed by atoms with van der Waals surface area (Å²) in [5.74, 6) is 0.869. The topological polar surface area (TPSA) is 44.5 Å². The molecule has 1 rings (SSSR count). The molecule has 0 atom stereocenters. The summed E-state index contributed by atoms with van der Waals surface area (Å²) in [7, 11) is 0. The summed E-state index contributed by atoms with van der Waals surface area (Å²) in [6, 6.07) is 9.69. The lowest BCUT2D eigenvalue weighted by molar-refractivity contribution is 0.0724. The molecule has 0 unspecified atom stereocenters. The fourth-order valence-corrected chi connectivity index (χ4v) is 1.07. The van der Waals surface area contributed by atoms with Gasteiger partial charge in [-0.1, -0.05) is 18.2 Å². The van der Waals surface area contributed by atoms with Gasteiger partial charge >= 0.3 is 0 Å². The summed E-state index contributed by atoms with van der Waals surface area (Å²) in [6.45, 7) is 5.54. The van der Waals surface area contributed by atoms with E-state index in [9.17, 15) is 0 Å². The van der Waals surface area contributed by atoms with Gasteiger partial charge in [-0.3, -0.25) is 0 Å². The quantitative estimate of drug-likeness (QED) is 0.727. The Balaban J connectivity index is 2.08. The van der Waals surface area contributed by atoms with E-state index >= 15 is 0 Å². The number of rotatable bonds is 6. The number of benzene rings is 1. The van der Waals surface area contributed by atoms with Crippen LogP contribution < -0.4 is 10.5 Å². The number of ether oxygens (including phenoxy) is 2. The first-order valence-electron chi connectivity index (χ1n) is 5.12. The molecular formula is C12H19NO2. The van der Waals surface area contributed by atoms with Gasteiger partial charge in [0.15, 0.2) is 0 Å².